The van der Waals surface area contributed by atoms with Crippen LogP contribution in [0.2, 0.25) is 13.1 Å². The molecule has 3 atom stereocenters. The summed E-state index contributed by atoms with van der Waals surface area (Å²) in [5.41, 5.74) is -2.25. The molecule has 1 aromatic heterocycles. The highest BCUT2D eigenvalue weighted by molar-refractivity contribution is 6.58. The van der Waals surface area contributed by atoms with Gasteiger partial charge < -0.3 is 19.9 Å². The second-order valence-corrected chi connectivity index (χ2v) is 14.7. The van der Waals surface area contributed by atoms with Crippen molar-refractivity contribution in [2.45, 2.75) is 90.3 Å². The molecule has 0 amide bonds. The third-order valence-corrected chi connectivity index (χ3v) is 9.07. The van der Waals surface area contributed by atoms with Gasteiger partial charge in [-0.15, -0.1) is 0 Å². The Morgan fingerprint density at radius 2 is 1.89 bits per heavy atom. The molecular weight excluding hydrogens is 492 g/mol. The molecule has 1 aliphatic rings. The molecule has 0 bridgehead atoms. The van der Waals surface area contributed by atoms with Crippen LogP contribution in [0.3, 0.4) is 0 Å². The summed E-state index contributed by atoms with van der Waals surface area (Å²) in [5.74, 6) is 0.298. The number of hydrogen-bond acceptors (Lipinski definition) is 8. The third-order valence-electron chi connectivity index (χ3n) is 6.97. The van der Waals surface area contributed by atoms with Crippen LogP contribution in [-0.2, 0) is 21.4 Å². The molecule has 10 nitrogen and oxygen atoms in total. The van der Waals surface area contributed by atoms with E-state index in [1.54, 1.807) is 30.5 Å². The monoisotopic (exact) mass is 531 g/mol. The number of aliphatic hydroxyl groups is 1. The van der Waals surface area contributed by atoms with Crippen LogP contribution in [0, 0.1) is 15.5 Å². The van der Waals surface area contributed by atoms with Gasteiger partial charge in [-0.1, -0.05) is 52.1 Å². The summed E-state index contributed by atoms with van der Waals surface area (Å²) >= 11 is 0. The first-order chi connectivity index (χ1) is 17.0. The normalized spacial score (nSPS) is 24.4. The number of nitro benzene ring substituents is 1. The van der Waals surface area contributed by atoms with Crippen LogP contribution in [0.5, 0.6) is 0 Å². The quantitative estimate of drug-likeness (QED) is 0.296. The summed E-state index contributed by atoms with van der Waals surface area (Å²) in [4.78, 5) is 28.4. The molecule has 2 N–H and O–H groups in total. The van der Waals surface area contributed by atoms with Crippen LogP contribution in [0.4, 0.5) is 11.5 Å². The molecule has 1 saturated heterocycles. The number of benzene rings is 1. The highest BCUT2D eigenvalue weighted by Crippen LogP contribution is 2.51. The van der Waals surface area contributed by atoms with E-state index in [1.807, 2.05) is 54.6 Å². The molecule has 0 unspecified atom stereocenters. The van der Waals surface area contributed by atoms with Crippen molar-refractivity contribution in [3.05, 3.63) is 62.7 Å². The van der Waals surface area contributed by atoms with E-state index in [0.717, 1.165) is 0 Å². The van der Waals surface area contributed by atoms with Gasteiger partial charge in [0.2, 0.25) is 0 Å². The summed E-state index contributed by atoms with van der Waals surface area (Å²) in [6, 6.07) is 8.07. The van der Waals surface area contributed by atoms with Gasteiger partial charge in [-0.3, -0.25) is 14.7 Å². The Labute approximate surface area is 219 Å². The molecule has 203 valence electrons. The van der Waals surface area contributed by atoms with Gasteiger partial charge in [-0.25, -0.2) is 4.79 Å². The predicted molar refractivity (Wildman–Crippen MR) is 144 cm³/mol. The Hall–Kier alpha value is -2.60. The second-order valence-electron chi connectivity index (χ2n) is 11.9. The van der Waals surface area contributed by atoms with Crippen molar-refractivity contribution < 1.29 is 19.5 Å². The minimum Gasteiger partial charge on any atom is -0.386 e. The highest BCUT2D eigenvalue weighted by Gasteiger charge is 2.62. The molecule has 0 saturated carbocycles. The number of hydrogen-bond donors (Lipinski definition) is 2. The van der Waals surface area contributed by atoms with Crippen LogP contribution in [0.25, 0.3) is 0 Å². The zero-order valence-corrected chi connectivity index (χ0v) is 24.0. The van der Waals surface area contributed by atoms with Gasteiger partial charge in [0.15, 0.2) is 0 Å². The molecule has 2 heterocycles. The summed E-state index contributed by atoms with van der Waals surface area (Å²) in [5, 5.41) is 25.2. The van der Waals surface area contributed by atoms with Gasteiger partial charge in [0, 0.05) is 30.8 Å². The summed E-state index contributed by atoms with van der Waals surface area (Å²) in [7, 11) is -1.35. The largest absolute Gasteiger partial charge is 0.386 e. The van der Waals surface area contributed by atoms with Crippen LogP contribution in [-0.4, -0.2) is 52.3 Å². The van der Waals surface area contributed by atoms with E-state index in [-0.39, 0.29) is 25.3 Å². The average molecular weight is 532 g/mol. The predicted octanol–water partition coefficient (Wildman–Crippen LogP) is 4.09. The van der Waals surface area contributed by atoms with E-state index in [4.69, 9.17) is 9.47 Å². The molecule has 1 fully saturated rings. The first kappa shape index (κ1) is 29.0. The molecule has 0 spiro atoms. The molecule has 1 aliphatic heterocycles. The lowest BCUT2D eigenvalue weighted by atomic mass is 9.72. The standard InChI is InChI=1S/C26H39N4O6Si/c1-23(2,3)25(32)17-26(37(7)8,36-20(25)16-35-24(4,5)6)29-14-13-21(28-22(29)31)27-15-18-11-9-10-12-19(18)30(33)34/h9-14,20,32H,15-17H2,1-8H3,(H,27,28,31)/t20-,25+,26+/m1/s1. The molecule has 3 rings (SSSR count). The summed E-state index contributed by atoms with van der Waals surface area (Å²) in [6.45, 7) is 16.2. The lowest BCUT2D eigenvalue weighted by Gasteiger charge is -2.41. The Morgan fingerprint density at radius 3 is 2.43 bits per heavy atom. The van der Waals surface area contributed by atoms with Gasteiger partial charge in [0.05, 0.1) is 17.1 Å². The van der Waals surface area contributed by atoms with Crippen molar-refractivity contribution >= 4 is 20.3 Å². The van der Waals surface area contributed by atoms with Crippen LogP contribution < -0.4 is 11.0 Å². The van der Waals surface area contributed by atoms with E-state index < -0.39 is 47.5 Å². The van der Waals surface area contributed by atoms with E-state index in [1.165, 1.54) is 10.6 Å². The molecular formula is C26H39N4O6Si. The van der Waals surface area contributed by atoms with E-state index in [9.17, 15) is 20.0 Å². The maximum Gasteiger partial charge on any atom is 0.351 e. The lowest BCUT2D eigenvalue weighted by Crippen LogP contribution is -2.53. The SMILES string of the molecule is C[Si](C)[C@]1(n2ccc(NCc3ccccc3[N+](=O)[O-])nc2=O)C[C@@](O)(C(C)(C)C)[C@@H](COC(C)(C)C)O1. The molecule has 0 aliphatic carbocycles. The van der Waals surface area contributed by atoms with E-state index >= 15 is 0 Å². The maximum absolute atomic E-state index is 13.3. The molecule has 37 heavy (non-hydrogen) atoms. The fourth-order valence-electron chi connectivity index (χ4n) is 4.58. The number of anilines is 1. The van der Waals surface area contributed by atoms with E-state index in [0.29, 0.717) is 11.4 Å². The maximum atomic E-state index is 13.3. The number of nitrogens with zero attached hydrogens (tertiary/aromatic N) is 3. The van der Waals surface area contributed by atoms with Gasteiger partial charge in [-0.2, -0.15) is 4.98 Å². The molecule has 1 radical (unpaired) electrons. The summed E-state index contributed by atoms with van der Waals surface area (Å²) in [6.07, 6.45) is 1.22. The van der Waals surface area contributed by atoms with Gasteiger partial charge >= 0.3 is 5.69 Å². The van der Waals surface area contributed by atoms with Crippen molar-refractivity contribution in [1.29, 1.82) is 0 Å². The topological polar surface area (TPSA) is 129 Å². The fraction of sp³-hybridized carbons (Fsp3) is 0.615. The number of nitro groups is 1. The van der Waals surface area contributed by atoms with Crippen molar-refractivity contribution in [2.75, 3.05) is 11.9 Å². The van der Waals surface area contributed by atoms with Gasteiger partial charge in [-0.05, 0) is 32.3 Å². The number of rotatable bonds is 8. The smallest absolute Gasteiger partial charge is 0.351 e. The minimum absolute atomic E-state index is 0.00385. The van der Waals surface area contributed by atoms with Crippen LogP contribution in [0.15, 0.2) is 41.3 Å². The van der Waals surface area contributed by atoms with E-state index in [2.05, 4.69) is 10.3 Å². The minimum atomic E-state index is -1.35. The van der Waals surface area contributed by atoms with Crippen molar-refractivity contribution in [3.63, 3.8) is 0 Å². The molecule has 11 heteroatoms. The Balaban J connectivity index is 1.94. The van der Waals surface area contributed by atoms with Crippen LogP contribution >= 0.6 is 0 Å². The van der Waals surface area contributed by atoms with Crippen LogP contribution in [0.1, 0.15) is 53.5 Å². The third kappa shape index (κ3) is 5.95. The van der Waals surface area contributed by atoms with Crippen molar-refractivity contribution in [1.82, 2.24) is 9.55 Å². The van der Waals surface area contributed by atoms with Gasteiger partial charge in [0.25, 0.3) is 5.69 Å². The Kier molecular flexibility index (Phi) is 8.05. The highest BCUT2D eigenvalue weighted by atomic mass is 28.3. The Bertz CT molecular complexity index is 1190. The zero-order chi connectivity index (χ0) is 27.8. The zero-order valence-electron chi connectivity index (χ0n) is 23.0. The second kappa shape index (κ2) is 10.3. The first-order valence-corrected chi connectivity index (χ1v) is 14.9. The molecule has 2 aromatic rings. The first-order valence-electron chi connectivity index (χ1n) is 12.4. The van der Waals surface area contributed by atoms with Gasteiger partial charge in [0.1, 0.15) is 31.7 Å². The molecule has 1 aromatic carbocycles. The average Bonchev–Trinajstić information content (AvgIpc) is 3.11. The summed E-state index contributed by atoms with van der Waals surface area (Å²) < 4.78 is 14.1. The fourth-order valence-corrected chi connectivity index (χ4v) is 6.23. The number of ether oxygens (including phenoxy) is 2. The number of aromatic nitrogens is 2. The number of para-hydroxylation sites is 1. The van der Waals surface area contributed by atoms with Crippen molar-refractivity contribution in [2.24, 2.45) is 5.41 Å². The Morgan fingerprint density at radius 1 is 1.24 bits per heavy atom. The number of nitrogens with one attached hydrogen (secondary N) is 1. The van der Waals surface area contributed by atoms with Crippen molar-refractivity contribution in [3.8, 4) is 0 Å². The lowest BCUT2D eigenvalue weighted by molar-refractivity contribution is -0.385.